The number of para-hydroxylation sites is 1. The second-order valence-corrected chi connectivity index (χ2v) is 7.31. The molecule has 1 amide bonds. The number of fused-ring (bicyclic) bond motifs is 2. The van der Waals surface area contributed by atoms with E-state index in [0.29, 0.717) is 28.8 Å². The van der Waals surface area contributed by atoms with Crippen molar-refractivity contribution >= 4 is 22.5 Å². The number of hydrogen-bond donors (Lipinski definition) is 2. The number of nitrogens with one attached hydrogen (secondary N) is 2. The average molecular weight is 415 g/mol. The number of rotatable bonds is 7. The Morgan fingerprint density at radius 2 is 2.10 bits per heavy atom. The Hall–Kier alpha value is -4.01. The summed E-state index contributed by atoms with van der Waals surface area (Å²) in [6.45, 7) is 2.32. The molecule has 156 valence electrons. The zero-order valence-electron chi connectivity index (χ0n) is 17.0. The molecule has 0 saturated carbocycles. The van der Waals surface area contributed by atoms with Crippen LogP contribution >= 0.6 is 0 Å². The van der Waals surface area contributed by atoms with Gasteiger partial charge in [-0.2, -0.15) is 4.98 Å². The Labute approximate surface area is 177 Å². The summed E-state index contributed by atoms with van der Waals surface area (Å²) in [7, 11) is 0. The molecule has 5 rings (SSSR count). The lowest BCUT2D eigenvalue weighted by Crippen LogP contribution is -2.25. The van der Waals surface area contributed by atoms with Gasteiger partial charge in [-0.25, -0.2) is 0 Å². The van der Waals surface area contributed by atoms with E-state index in [2.05, 4.69) is 37.6 Å². The molecule has 9 heteroatoms. The van der Waals surface area contributed by atoms with Crippen molar-refractivity contribution in [3.8, 4) is 11.5 Å². The molecule has 0 fully saturated rings. The van der Waals surface area contributed by atoms with Crippen molar-refractivity contribution in [1.82, 2.24) is 35.0 Å². The standard InChI is InChI=1S/C22H21N7O2/c1-2-6-18-25-22(31-28-18)16-8-5-10-29-19(26-27-21(16)29)13-24-20(30)11-14-12-23-17-9-4-3-7-15(14)17/h3-5,7-10,12,23H,2,6,11,13H2,1H3,(H,24,30). The zero-order valence-corrected chi connectivity index (χ0v) is 17.0. The molecular formula is C22H21N7O2. The third-order valence-electron chi connectivity index (χ3n) is 5.15. The minimum Gasteiger partial charge on any atom is -0.361 e. The molecule has 0 bridgehead atoms. The van der Waals surface area contributed by atoms with Crippen LogP contribution in [0.3, 0.4) is 0 Å². The largest absolute Gasteiger partial charge is 0.361 e. The van der Waals surface area contributed by atoms with Crippen molar-refractivity contribution in [2.45, 2.75) is 32.7 Å². The average Bonchev–Trinajstić information content (AvgIpc) is 3.51. The Balaban J connectivity index is 1.32. The van der Waals surface area contributed by atoms with Gasteiger partial charge in [0.25, 0.3) is 5.89 Å². The van der Waals surface area contributed by atoms with Crippen LogP contribution in [-0.4, -0.2) is 35.6 Å². The molecule has 0 aliphatic carbocycles. The van der Waals surface area contributed by atoms with E-state index in [1.54, 1.807) is 0 Å². The van der Waals surface area contributed by atoms with Gasteiger partial charge in [0.1, 0.15) is 0 Å². The van der Waals surface area contributed by atoms with E-state index in [1.165, 1.54) is 0 Å². The van der Waals surface area contributed by atoms with Gasteiger partial charge in [0.2, 0.25) is 5.91 Å². The molecule has 0 atom stereocenters. The highest BCUT2D eigenvalue weighted by Gasteiger charge is 2.16. The number of benzene rings is 1. The first-order chi connectivity index (χ1) is 15.2. The molecular weight excluding hydrogens is 394 g/mol. The topological polar surface area (TPSA) is 114 Å². The molecule has 4 heterocycles. The number of nitrogens with zero attached hydrogens (tertiary/aromatic N) is 5. The number of carbonyl (C=O) groups excluding carboxylic acids is 1. The highest BCUT2D eigenvalue weighted by Crippen LogP contribution is 2.22. The summed E-state index contributed by atoms with van der Waals surface area (Å²) in [5.74, 6) is 1.62. The fraction of sp³-hybridized carbons (Fsp3) is 0.227. The van der Waals surface area contributed by atoms with Crippen LogP contribution in [0.5, 0.6) is 0 Å². The second kappa shape index (κ2) is 8.02. The van der Waals surface area contributed by atoms with Crippen molar-refractivity contribution in [2.75, 3.05) is 0 Å². The van der Waals surface area contributed by atoms with E-state index in [4.69, 9.17) is 4.52 Å². The van der Waals surface area contributed by atoms with Gasteiger partial charge < -0.3 is 14.8 Å². The number of carbonyl (C=O) groups is 1. The highest BCUT2D eigenvalue weighted by atomic mass is 16.5. The van der Waals surface area contributed by atoms with E-state index in [9.17, 15) is 4.79 Å². The number of aromatic amines is 1. The summed E-state index contributed by atoms with van der Waals surface area (Å²) in [6, 6.07) is 11.7. The first kappa shape index (κ1) is 19.0. The predicted molar refractivity (Wildman–Crippen MR) is 114 cm³/mol. The van der Waals surface area contributed by atoms with E-state index in [-0.39, 0.29) is 18.9 Å². The van der Waals surface area contributed by atoms with Gasteiger partial charge in [-0.05, 0) is 30.2 Å². The quantitative estimate of drug-likeness (QED) is 0.422. The lowest BCUT2D eigenvalue weighted by atomic mass is 10.1. The second-order valence-electron chi connectivity index (χ2n) is 7.31. The van der Waals surface area contributed by atoms with Crippen molar-refractivity contribution in [3.05, 3.63) is 66.0 Å². The highest BCUT2D eigenvalue weighted by molar-refractivity contribution is 5.88. The molecule has 5 aromatic rings. The smallest absolute Gasteiger partial charge is 0.261 e. The van der Waals surface area contributed by atoms with Crippen LogP contribution in [0, 0.1) is 0 Å². The molecule has 0 spiro atoms. The van der Waals surface area contributed by atoms with E-state index in [1.807, 2.05) is 53.2 Å². The van der Waals surface area contributed by atoms with Gasteiger partial charge >= 0.3 is 0 Å². The van der Waals surface area contributed by atoms with Crippen LogP contribution in [0.2, 0.25) is 0 Å². The number of aromatic nitrogens is 6. The number of aryl methyl sites for hydroxylation is 1. The van der Waals surface area contributed by atoms with Crippen LogP contribution in [0.25, 0.3) is 28.0 Å². The molecule has 31 heavy (non-hydrogen) atoms. The van der Waals surface area contributed by atoms with Crippen LogP contribution in [0.1, 0.15) is 30.6 Å². The number of H-pyrrole nitrogens is 1. The predicted octanol–water partition coefficient (Wildman–Crippen LogP) is 3.07. The summed E-state index contributed by atoms with van der Waals surface area (Å²) in [5.41, 5.74) is 3.29. The van der Waals surface area contributed by atoms with E-state index in [0.717, 1.165) is 29.3 Å². The Bertz CT molecular complexity index is 1360. The lowest BCUT2D eigenvalue weighted by molar-refractivity contribution is -0.120. The molecule has 4 aromatic heterocycles. The zero-order chi connectivity index (χ0) is 21.2. The Morgan fingerprint density at radius 1 is 1.19 bits per heavy atom. The summed E-state index contributed by atoms with van der Waals surface area (Å²) in [4.78, 5) is 20.2. The molecule has 0 aliphatic rings. The van der Waals surface area contributed by atoms with Gasteiger partial charge in [-0.1, -0.05) is 30.3 Å². The summed E-state index contributed by atoms with van der Waals surface area (Å²) in [6.07, 6.45) is 5.71. The maximum Gasteiger partial charge on any atom is 0.261 e. The van der Waals surface area contributed by atoms with Gasteiger partial charge in [0.05, 0.1) is 18.5 Å². The van der Waals surface area contributed by atoms with Crippen LogP contribution in [0.15, 0.2) is 53.3 Å². The number of amides is 1. The third-order valence-corrected chi connectivity index (χ3v) is 5.15. The van der Waals surface area contributed by atoms with E-state index < -0.39 is 0 Å². The monoisotopic (exact) mass is 415 g/mol. The summed E-state index contributed by atoms with van der Waals surface area (Å²) < 4.78 is 7.22. The van der Waals surface area contributed by atoms with Gasteiger partial charge in [0, 0.05) is 29.7 Å². The SMILES string of the molecule is CCCc1noc(-c2cccn3c(CNC(=O)Cc4c[nH]c5ccccc45)nnc23)n1. The first-order valence-corrected chi connectivity index (χ1v) is 10.2. The van der Waals surface area contributed by atoms with Gasteiger partial charge in [-0.3, -0.25) is 9.20 Å². The fourth-order valence-electron chi connectivity index (χ4n) is 3.63. The Kier molecular flexibility index (Phi) is 4.91. The molecule has 1 aromatic carbocycles. The maximum atomic E-state index is 12.5. The number of pyridine rings is 1. The van der Waals surface area contributed by atoms with Crippen molar-refractivity contribution in [2.24, 2.45) is 0 Å². The van der Waals surface area contributed by atoms with Crippen LogP contribution in [-0.2, 0) is 24.2 Å². The molecule has 0 aliphatic heterocycles. The minimum absolute atomic E-state index is 0.0845. The molecule has 0 saturated heterocycles. The maximum absolute atomic E-state index is 12.5. The fourth-order valence-corrected chi connectivity index (χ4v) is 3.63. The molecule has 9 nitrogen and oxygen atoms in total. The summed E-state index contributed by atoms with van der Waals surface area (Å²) in [5, 5.41) is 16.5. The number of hydrogen-bond acceptors (Lipinski definition) is 6. The Morgan fingerprint density at radius 3 is 3.00 bits per heavy atom. The van der Waals surface area contributed by atoms with E-state index >= 15 is 0 Å². The van der Waals surface area contributed by atoms with Gasteiger partial charge in [-0.15, -0.1) is 10.2 Å². The first-order valence-electron chi connectivity index (χ1n) is 10.2. The van der Waals surface area contributed by atoms with Crippen LogP contribution < -0.4 is 5.32 Å². The molecule has 0 unspecified atom stereocenters. The minimum atomic E-state index is -0.0845. The molecule has 0 radical (unpaired) electrons. The van der Waals surface area contributed by atoms with Crippen molar-refractivity contribution in [1.29, 1.82) is 0 Å². The normalized spacial score (nSPS) is 11.4. The third kappa shape index (κ3) is 3.65. The summed E-state index contributed by atoms with van der Waals surface area (Å²) >= 11 is 0. The lowest BCUT2D eigenvalue weighted by Gasteiger charge is -2.04. The molecule has 2 N–H and O–H groups in total. The van der Waals surface area contributed by atoms with Crippen LogP contribution in [0.4, 0.5) is 0 Å². The van der Waals surface area contributed by atoms with Crippen molar-refractivity contribution in [3.63, 3.8) is 0 Å². The van der Waals surface area contributed by atoms with Crippen molar-refractivity contribution < 1.29 is 9.32 Å². The van der Waals surface area contributed by atoms with Gasteiger partial charge in [0.15, 0.2) is 17.3 Å².